The molecule has 0 bridgehead atoms. The quantitative estimate of drug-likeness (QED) is 0.130. The summed E-state index contributed by atoms with van der Waals surface area (Å²) in [7, 11) is 0. The van der Waals surface area contributed by atoms with Gasteiger partial charge in [-0.15, -0.1) is 0 Å². The van der Waals surface area contributed by atoms with Crippen molar-refractivity contribution in [3.63, 3.8) is 0 Å². The van der Waals surface area contributed by atoms with Crippen molar-refractivity contribution in [2.24, 2.45) is 0 Å². The largest absolute Gasteiger partial charge is 0.347 e. The molecule has 7 nitrogen and oxygen atoms in total. The van der Waals surface area contributed by atoms with Gasteiger partial charge in [0.1, 0.15) is 42.8 Å². The first-order chi connectivity index (χ1) is 25.8. The molecule has 0 radical (unpaired) electrons. The van der Waals surface area contributed by atoms with Gasteiger partial charge in [-0.1, -0.05) is 87.4 Å². The van der Waals surface area contributed by atoms with Gasteiger partial charge in [-0.05, 0) is 96.2 Å². The number of nitriles is 2. The lowest BCUT2D eigenvalue weighted by Crippen LogP contribution is -2.50. The third kappa shape index (κ3) is 8.93. The minimum absolute atomic E-state index is 0.0500. The second-order valence-electron chi connectivity index (χ2n) is 14.2. The number of aryl methyl sites for hydroxylation is 2. The number of fused-ring (bicyclic) bond motifs is 1. The Hall–Kier alpha value is -5.09. The van der Waals surface area contributed by atoms with E-state index in [2.05, 4.69) is 62.4 Å². The van der Waals surface area contributed by atoms with E-state index in [4.69, 9.17) is 9.47 Å². The van der Waals surface area contributed by atoms with Crippen molar-refractivity contribution in [3.8, 4) is 12.1 Å². The van der Waals surface area contributed by atoms with Crippen molar-refractivity contribution in [1.82, 2.24) is 9.80 Å². The summed E-state index contributed by atoms with van der Waals surface area (Å²) < 4.78 is 41.8. The predicted octanol–water partition coefficient (Wildman–Crippen LogP) is 8.80. The Labute approximate surface area is 311 Å². The molecular weight excluding hydrogens is 671 g/mol. The van der Waals surface area contributed by atoms with Gasteiger partial charge in [0.25, 0.3) is 0 Å². The Morgan fingerprint density at radius 3 is 1.38 bits per heavy atom. The Kier molecular flexibility index (Phi) is 12.5. The normalized spacial score (nSPS) is 19.8. The topological polar surface area (TPSA) is 89.6 Å². The molecule has 6 rings (SSSR count). The molecule has 0 aliphatic carbocycles. The molecule has 2 saturated heterocycles. The van der Waals surface area contributed by atoms with Crippen LogP contribution in [0.5, 0.6) is 0 Å². The Morgan fingerprint density at radius 1 is 0.623 bits per heavy atom. The smallest absolute Gasteiger partial charge is 0.321 e. The average molecular weight is 717 g/mol. The van der Waals surface area contributed by atoms with Crippen molar-refractivity contribution in [3.05, 3.63) is 141 Å². The molecule has 0 saturated carbocycles. The van der Waals surface area contributed by atoms with Crippen LogP contribution in [0.1, 0.15) is 84.0 Å². The maximum Gasteiger partial charge on any atom is 0.321 e. The highest BCUT2D eigenvalue weighted by Gasteiger charge is 2.51. The van der Waals surface area contributed by atoms with Crippen LogP contribution in [0.4, 0.5) is 13.6 Å². The number of hydrogen-bond acceptors (Lipinski definition) is 5. The number of urea groups is 1. The van der Waals surface area contributed by atoms with Crippen LogP contribution in [0.2, 0.25) is 0 Å². The molecule has 2 aliphatic heterocycles. The zero-order chi connectivity index (χ0) is 37.3. The third-order valence-electron chi connectivity index (χ3n) is 10.5. The Bertz CT molecular complexity index is 1810. The van der Waals surface area contributed by atoms with Gasteiger partial charge in [0, 0.05) is 13.1 Å². The number of halogens is 2. The first-order valence-electron chi connectivity index (χ1n) is 18.6. The van der Waals surface area contributed by atoms with Gasteiger partial charge in [-0.25, -0.2) is 13.6 Å². The molecule has 9 heteroatoms. The molecule has 2 heterocycles. The molecular formula is C44H46F2N4O3. The molecule has 0 aromatic heterocycles. The molecule has 4 aromatic carbocycles. The summed E-state index contributed by atoms with van der Waals surface area (Å²) in [5.74, 6) is -1.25. The summed E-state index contributed by atoms with van der Waals surface area (Å²) in [4.78, 5) is 18.8. The fourth-order valence-electron chi connectivity index (χ4n) is 7.51. The van der Waals surface area contributed by atoms with Crippen LogP contribution in [0.15, 0.2) is 84.9 Å². The number of amides is 2. The molecule has 0 spiro atoms. The Balaban J connectivity index is 1.43. The van der Waals surface area contributed by atoms with Crippen LogP contribution in [-0.2, 0) is 48.2 Å². The van der Waals surface area contributed by atoms with Gasteiger partial charge in [0.05, 0.1) is 23.2 Å². The van der Waals surface area contributed by atoms with E-state index >= 15 is 4.79 Å². The Morgan fingerprint density at radius 2 is 1.00 bits per heavy atom. The van der Waals surface area contributed by atoms with Gasteiger partial charge in [0.15, 0.2) is 0 Å². The fraction of sp³-hybridized carbons (Fsp3) is 0.386. The second kappa shape index (κ2) is 17.6. The van der Waals surface area contributed by atoms with Gasteiger partial charge in [-0.3, -0.25) is 0 Å². The maximum absolute atomic E-state index is 15.2. The van der Waals surface area contributed by atoms with Gasteiger partial charge in [0.2, 0.25) is 0 Å². The first kappa shape index (κ1) is 37.7. The van der Waals surface area contributed by atoms with E-state index in [0.717, 1.165) is 49.7 Å². The van der Waals surface area contributed by atoms with E-state index in [1.165, 1.54) is 35.4 Å². The summed E-state index contributed by atoms with van der Waals surface area (Å²) >= 11 is 0. The number of benzene rings is 4. The molecule has 274 valence electrons. The summed E-state index contributed by atoms with van der Waals surface area (Å²) in [6.45, 7) is 4.56. The van der Waals surface area contributed by atoms with Crippen LogP contribution in [-0.4, -0.2) is 46.9 Å². The minimum Gasteiger partial charge on any atom is -0.347 e. The van der Waals surface area contributed by atoms with Crippen LogP contribution in [0, 0.1) is 34.3 Å². The lowest BCUT2D eigenvalue weighted by molar-refractivity contribution is 0.00167. The number of hydrogen-bond donors (Lipinski definition) is 0. The van der Waals surface area contributed by atoms with Crippen LogP contribution < -0.4 is 0 Å². The molecule has 0 N–H and O–H groups in total. The van der Waals surface area contributed by atoms with Gasteiger partial charge in [-0.2, -0.15) is 10.5 Å². The lowest BCUT2D eigenvalue weighted by Gasteiger charge is -2.36. The van der Waals surface area contributed by atoms with Crippen molar-refractivity contribution < 1.29 is 23.0 Å². The first-order valence-corrected chi connectivity index (χ1v) is 18.6. The van der Waals surface area contributed by atoms with Crippen LogP contribution in [0.3, 0.4) is 0 Å². The van der Waals surface area contributed by atoms with Gasteiger partial charge >= 0.3 is 6.03 Å². The predicted molar refractivity (Wildman–Crippen MR) is 198 cm³/mol. The van der Waals surface area contributed by atoms with Crippen molar-refractivity contribution in [2.45, 2.75) is 103 Å². The lowest BCUT2D eigenvalue weighted by atomic mass is 9.90. The summed E-state index contributed by atoms with van der Waals surface area (Å²) in [5.41, 5.74) is 5.56. The summed E-state index contributed by atoms with van der Waals surface area (Å²) in [6.07, 6.45) is 6.30. The SMILES string of the molecule is CCCCc1ccc(C[C@@H]2[C@@H]3OCO[C@H]3[C@@H](Cc3ccc(CCCC)cc3)N(Cc3ccc(F)c(C#N)c3)C(=O)N2Cc2ccc(F)c(C#N)c2)cc1. The number of carbonyl (C=O) groups is 1. The molecule has 2 amide bonds. The highest BCUT2D eigenvalue weighted by molar-refractivity contribution is 5.76. The number of ether oxygens (including phenoxy) is 2. The van der Waals surface area contributed by atoms with E-state index < -0.39 is 35.9 Å². The molecule has 4 aromatic rings. The van der Waals surface area contributed by atoms with Crippen molar-refractivity contribution in [1.29, 1.82) is 10.5 Å². The monoisotopic (exact) mass is 716 g/mol. The number of carbonyl (C=O) groups excluding carboxylic acids is 1. The van der Waals surface area contributed by atoms with Crippen molar-refractivity contribution >= 4 is 6.03 Å². The van der Waals surface area contributed by atoms with Crippen LogP contribution >= 0.6 is 0 Å². The van der Waals surface area contributed by atoms with E-state index in [0.29, 0.717) is 24.0 Å². The number of rotatable bonds is 14. The van der Waals surface area contributed by atoms with E-state index in [1.807, 2.05) is 12.1 Å². The highest BCUT2D eigenvalue weighted by atomic mass is 19.1. The molecule has 0 unspecified atom stereocenters. The number of nitrogens with zero attached hydrogens (tertiary/aromatic N) is 4. The molecule has 53 heavy (non-hydrogen) atoms. The van der Waals surface area contributed by atoms with Gasteiger partial charge < -0.3 is 19.3 Å². The van der Waals surface area contributed by atoms with Crippen molar-refractivity contribution in [2.75, 3.05) is 6.79 Å². The molecule has 4 atom stereocenters. The van der Waals surface area contributed by atoms with Crippen LogP contribution in [0.25, 0.3) is 0 Å². The van der Waals surface area contributed by atoms with E-state index in [1.54, 1.807) is 21.9 Å². The zero-order valence-electron chi connectivity index (χ0n) is 30.4. The summed E-state index contributed by atoms with van der Waals surface area (Å²) in [6, 6.07) is 28.2. The maximum atomic E-state index is 15.2. The van der Waals surface area contributed by atoms with E-state index in [-0.39, 0.29) is 37.0 Å². The third-order valence-corrected chi connectivity index (χ3v) is 10.5. The highest BCUT2D eigenvalue weighted by Crippen LogP contribution is 2.36. The number of unbranched alkanes of at least 4 members (excludes halogenated alkanes) is 2. The minimum atomic E-state index is -0.627. The fourth-order valence-corrected chi connectivity index (χ4v) is 7.51. The zero-order valence-corrected chi connectivity index (χ0v) is 30.4. The average Bonchev–Trinajstić information content (AvgIpc) is 3.65. The standard InChI is InChI=1S/C44H46F2N4O3/c1-3-5-7-30-9-13-32(14-10-30)23-40-42-43(53-29-52-42)41(24-33-15-11-31(12-16-33)8-6-4-2)50(28-35-18-20-39(46)37(22-35)26-48)44(51)49(40)27-34-17-19-38(45)36(21-34)25-47/h9-22,40-43H,3-8,23-24,27-29H2,1-2H3/t40-,41-,42+,43+/m1/s1. The summed E-state index contributed by atoms with van der Waals surface area (Å²) in [5, 5.41) is 19.3. The molecule has 2 fully saturated rings. The molecule has 2 aliphatic rings. The van der Waals surface area contributed by atoms with E-state index in [9.17, 15) is 19.3 Å². The second-order valence-corrected chi connectivity index (χ2v) is 14.2.